The van der Waals surface area contributed by atoms with E-state index >= 15 is 0 Å². The van der Waals surface area contributed by atoms with E-state index in [0.717, 1.165) is 61.5 Å². The molecule has 0 saturated heterocycles. The molecule has 8 bridgehead atoms. The van der Waals surface area contributed by atoms with Crippen molar-refractivity contribution < 1.29 is 47.2 Å². The molecule has 0 unspecified atom stereocenters. The summed E-state index contributed by atoms with van der Waals surface area (Å²) in [5.41, 5.74) is 12.6. The summed E-state index contributed by atoms with van der Waals surface area (Å²) in [4.78, 5) is 51.1. The van der Waals surface area contributed by atoms with Crippen LogP contribution in [0.25, 0.3) is 50.4 Å². The summed E-state index contributed by atoms with van der Waals surface area (Å²) in [7, 11) is 0. The molecule has 47 heavy (non-hydrogen) atoms. The minimum absolute atomic E-state index is 0. The van der Waals surface area contributed by atoms with Crippen molar-refractivity contribution >= 4 is 62.4 Å². The summed E-state index contributed by atoms with van der Waals surface area (Å²) in [5.74, 6) is -1.80. The van der Waals surface area contributed by atoms with Gasteiger partial charge in [-0.3, -0.25) is 9.59 Å². The number of aromatic nitrogens is 4. The van der Waals surface area contributed by atoms with Gasteiger partial charge < -0.3 is 25.4 Å². The number of carbonyl (C=O) groups is 2. The number of aliphatic carboxylic acids is 2. The van der Waals surface area contributed by atoms with Gasteiger partial charge in [0, 0.05) is 18.4 Å². The van der Waals surface area contributed by atoms with Gasteiger partial charge >= 0.3 is 29.0 Å². The van der Waals surface area contributed by atoms with Gasteiger partial charge in [-0.2, -0.15) is 0 Å². The molecule has 0 amide bonds. The Balaban J connectivity index is 0.00000114. The number of fused-ring (bicyclic) bond motifs is 8. The van der Waals surface area contributed by atoms with Crippen molar-refractivity contribution in [2.75, 3.05) is 0 Å². The van der Waals surface area contributed by atoms with Crippen LogP contribution >= 0.6 is 0 Å². The summed E-state index contributed by atoms with van der Waals surface area (Å²) in [6.45, 7) is 15.9. The van der Waals surface area contributed by atoms with Crippen LogP contribution in [-0.2, 0) is 33.1 Å². The minimum Gasteiger partial charge on any atom is -0.657 e. The Morgan fingerprint density at radius 3 is 1.87 bits per heavy atom. The van der Waals surface area contributed by atoms with Gasteiger partial charge in [-0.1, -0.05) is 66.3 Å². The van der Waals surface area contributed by atoms with E-state index in [-0.39, 0.29) is 29.9 Å². The van der Waals surface area contributed by atoms with Crippen LogP contribution in [0, 0.1) is 24.0 Å². The molecule has 3 aromatic rings. The first-order valence-corrected chi connectivity index (χ1v) is 14.3. The average Bonchev–Trinajstić information content (AvgIpc) is 3.63. The molecule has 2 aliphatic heterocycles. The van der Waals surface area contributed by atoms with Crippen LogP contribution in [0.1, 0.15) is 78.1 Å². The first-order chi connectivity index (χ1) is 21.7. The molecule has 12 nitrogen and oxygen atoms in total. The summed E-state index contributed by atoms with van der Waals surface area (Å²) < 4.78 is 0. The van der Waals surface area contributed by atoms with Crippen molar-refractivity contribution in [1.82, 2.24) is 19.9 Å². The number of hydrogen-bond donors (Lipinski definition) is 3. The molecule has 13 heteroatoms. The molecule has 0 atom stereocenters. The molecule has 0 spiro atoms. The Bertz CT molecular complexity index is 2030. The molecule has 0 saturated carbocycles. The quantitative estimate of drug-likeness (QED) is 0.135. The predicted octanol–water partition coefficient (Wildman–Crippen LogP) is 6.41. The molecule has 0 radical (unpaired) electrons. The van der Waals surface area contributed by atoms with E-state index in [9.17, 15) is 19.8 Å². The zero-order valence-corrected chi connectivity index (χ0v) is 27.4. The largest absolute Gasteiger partial charge is 2.00 e. The van der Waals surface area contributed by atoms with E-state index in [1.54, 1.807) is 12.2 Å². The van der Waals surface area contributed by atoms with E-state index in [0.29, 0.717) is 40.8 Å². The van der Waals surface area contributed by atoms with E-state index in [4.69, 9.17) is 35.3 Å². The van der Waals surface area contributed by atoms with E-state index in [1.807, 2.05) is 52.0 Å². The number of allylic oxidation sites excluding steroid dienone is 5. The number of carboxylic acid groups (broad SMARTS) is 2. The summed E-state index contributed by atoms with van der Waals surface area (Å²) in [6.07, 6.45) is 4.06. The van der Waals surface area contributed by atoms with Crippen molar-refractivity contribution in [3.8, 4) is 0 Å². The van der Waals surface area contributed by atoms with Gasteiger partial charge in [0.05, 0.1) is 22.8 Å². The van der Waals surface area contributed by atoms with Crippen molar-refractivity contribution in [2.24, 2.45) is 0 Å². The topological polar surface area (TPSA) is 192 Å². The first kappa shape index (κ1) is 36.2. The van der Waals surface area contributed by atoms with Crippen LogP contribution in [0.3, 0.4) is 0 Å². The third-order valence-corrected chi connectivity index (χ3v) is 8.06. The molecule has 3 N–H and O–H groups in total. The van der Waals surface area contributed by atoms with Gasteiger partial charge in [0.15, 0.2) is 0 Å². The maximum absolute atomic E-state index is 11.5. The number of rotatable bonds is 8. The van der Waals surface area contributed by atoms with Crippen LogP contribution in [0.2, 0.25) is 0 Å². The molecule has 0 aromatic carbocycles. The third kappa shape index (κ3) is 7.76. The van der Waals surface area contributed by atoms with Gasteiger partial charge in [0.1, 0.15) is 0 Å². The number of nitrogens with zero attached hydrogens (tertiary/aromatic N) is 5. The maximum atomic E-state index is 11.5. The molecule has 3 aromatic heterocycles. The van der Waals surface area contributed by atoms with Gasteiger partial charge in [0.2, 0.25) is 0 Å². The van der Waals surface area contributed by atoms with Crippen molar-refractivity contribution in [1.29, 1.82) is 0 Å². The van der Waals surface area contributed by atoms with Crippen LogP contribution in [0.15, 0.2) is 43.5 Å². The minimum atomic E-state index is -1.50. The van der Waals surface area contributed by atoms with Gasteiger partial charge in [-0.05, 0) is 62.8 Å². The zero-order valence-electron chi connectivity index (χ0n) is 26.3. The molecule has 0 aliphatic carbocycles. The molecule has 5 heterocycles. The monoisotopic (exact) mass is 679 g/mol. The molecular weight excluding hydrogens is 646 g/mol. The van der Waals surface area contributed by atoms with Crippen LogP contribution in [0.4, 0.5) is 0 Å². The molecular formula is C34H33FeN5O7. The fourth-order valence-electron chi connectivity index (χ4n) is 5.61. The van der Waals surface area contributed by atoms with Crippen LogP contribution in [-0.4, -0.2) is 42.4 Å². The number of carboxylic acids is 2. The van der Waals surface area contributed by atoms with Crippen molar-refractivity contribution in [3.05, 3.63) is 98.6 Å². The maximum Gasteiger partial charge on any atom is 2.00 e. The van der Waals surface area contributed by atoms with Crippen LogP contribution in [0.5, 0.6) is 0 Å². The standard InChI is InChI=1S/C34H34N4O4.Fe.HNO3/c1-7-21-17(3)25-13-26-19(5)23(9-11-33(39)40)31(37-26)16-32-24(10-12-34(41)42)20(6)28(38-32)15-30-22(8-2)18(4)27(36-30)14-29(21)35-25;;2-1(3)4/h7-8,13-16H,1-2,9-12H2,3-6H3,(H4,35,36,37,38,39,40,41,42);;(H,2,3,4)/q;+2;/p-2. The Labute approximate surface area is 280 Å². The van der Waals surface area contributed by atoms with E-state index < -0.39 is 17.0 Å². The Kier molecular flexibility index (Phi) is 11.5. The Morgan fingerprint density at radius 2 is 1.28 bits per heavy atom. The summed E-state index contributed by atoms with van der Waals surface area (Å²) in [6, 6.07) is 7.62. The third-order valence-electron chi connectivity index (χ3n) is 8.06. The van der Waals surface area contributed by atoms with Crippen molar-refractivity contribution in [3.63, 3.8) is 0 Å². The molecule has 0 fully saturated rings. The van der Waals surface area contributed by atoms with E-state index in [2.05, 4.69) is 13.2 Å². The summed E-state index contributed by atoms with van der Waals surface area (Å²) >= 11 is 0. The van der Waals surface area contributed by atoms with Crippen molar-refractivity contribution in [2.45, 2.75) is 53.4 Å². The van der Waals surface area contributed by atoms with Gasteiger partial charge in [-0.25, -0.2) is 9.97 Å². The molecule has 244 valence electrons. The van der Waals surface area contributed by atoms with E-state index in [1.165, 1.54) is 0 Å². The Hall–Kier alpha value is -5.26. The molecule has 5 rings (SSSR count). The number of aryl methyl sites for hydroxylation is 3. The second kappa shape index (κ2) is 14.9. The van der Waals surface area contributed by atoms with Crippen LogP contribution < -0.4 is 9.97 Å². The predicted molar refractivity (Wildman–Crippen MR) is 175 cm³/mol. The Morgan fingerprint density at radius 1 is 0.787 bits per heavy atom. The van der Waals surface area contributed by atoms with Gasteiger partial charge in [0.25, 0.3) is 5.09 Å². The SMILES string of the molecule is C=CC1=C(C)c2cc3[n-]c(cc4nc(cc5[n-]c(cc1n2)c(C)c5C=C)C(C)=C4CCC(=O)O)c(CCC(=O)O)c3C.O=[N+]([O-])O.[Fe+2]. The zero-order chi connectivity index (χ0) is 33.9. The number of hydrogen-bond acceptors (Lipinski definition) is 6. The normalized spacial score (nSPS) is 12.2. The fraction of sp³-hybridized carbons (Fsp3) is 0.235. The first-order valence-electron chi connectivity index (χ1n) is 14.3. The second-order valence-corrected chi connectivity index (χ2v) is 10.8. The fourth-order valence-corrected chi connectivity index (χ4v) is 5.61. The average molecular weight is 680 g/mol. The molecule has 2 aliphatic rings. The summed E-state index contributed by atoms with van der Waals surface area (Å²) in [5, 5.41) is 32.5. The second-order valence-electron chi connectivity index (χ2n) is 10.8. The van der Waals surface area contributed by atoms with Gasteiger partial charge in [-0.15, -0.1) is 32.2 Å². The smallest absolute Gasteiger partial charge is 0.657 e.